The predicted molar refractivity (Wildman–Crippen MR) is 61.7 cm³/mol. The number of hydrogen-bond acceptors (Lipinski definition) is 2. The largest absolute Gasteiger partial charge is 0.382 e. The standard InChI is InChI=1S/C13H18F2O2/c1-8(2)13(16,7-17-4)10-6-5-9(3)11(14)12(10)15/h5-6,8,16H,7H2,1-4H3. The molecule has 0 aromatic heterocycles. The summed E-state index contributed by atoms with van der Waals surface area (Å²) in [5, 5.41) is 10.4. The molecule has 0 aliphatic carbocycles. The summed E-state index contributed by atoms with van der Waals surface area (Å²) in [4.78, 5) is 0. The topological polar surface area (TPSA) is 29.5 Å². The Morgan fingerprint density at radius 2 is 1.88 bits per heavy atom. The van der Waals surface area contributed by atoms with Crippen LogP contribution >= 0.6 is 0 Å². The van der Waals surface area contributed by atoms with Crippen molar-refractivity contribution in [3.8, 4) is 0 Å². The van der Waals surface area contributed by atoms with Gasteiger partial charge in [0.15, 0.2) is 11.6 Å². The van der Waals surface area contributed by atoms with Crippen molar-refractivity contribution in [3.63, 3.8) is 0 Å². The SMILES string of the molecule is COCC(O)(c1ccc(C)c(F)c1F)C(C)C. The first-order chi connectivity index (χ1) is 7.84. The molecule has 0 bridgehead atoms. The van der Waals surface area contributed by atoms with Crippen molar-refractivity contribution >= 4 is 0 Å². The Hall–Kier alpha value is -1.00. The van der Waals surface area contributed by atoms with E-state index in [1.54, 1.807) is 13.8 Å². The zero-order valence-corrected chi connectivity index (χ0v) is 10.6. The van der Waals surface area contributed by atoms with Gasteiger partial charge in [-0.3, -0.25) is 0 Å². The van der Waals surface area contributed by atoms with Crippen LogP contribution in [0.5, 0.6) is 0 Å². The Labute approximate surface area is 100 Å². The Morgan fingerprint density at radius 3 is 2.35 bits per heavy atom. The minimum absolute atomic E-state index is 0.0579. The third-order valence-corrected chi connectivity index (χ3v) is 3.06. The van der Waals surface area contributed by atoms with Gasteiger partial charge in [-0.25, -0.2) is 8.78 Å². The minimum Gasteiger partial charge on any atom is -0.382 e. The average molecular weight is 244 g/mol. The van der Waals surface area contributed by atoms with Crippen molar-refractivity contribution in [1.29, 1.82) is 0 Å². The number of ether oxygens (including phenoxy) is 1. The average Bonchev–Trinajstić information content (AvgIpc) is 2.26. The molecule has 1 unspecified atom stereocenters. The molecule has 0 saturated heterocycles. The second kappa shape index (κ2) is 5.10. The minimum atomic E-state index is -1.52. The Kier molecular flexibility index (Phi) is 4.22. The van der Waals surface area contributed by atoms with Crippen molar-refractivity contribution in [2.75, 3.05) is 13.7 Å². The molecule has 0 radical (unpaired) electrons. The van der Waals surface area contributed by atoms with Crippen LogP contribution in [-0.4, -0.2) is 18.8 Å². The number of hydrogen-bond donors (Lipinski definition) is 1. The van der Waals surface area contributed by atoms with E-state index in [9.17, 15) is 13.9 Å². The van der Waals surface area contributed by atoms with Gasteiger partial charge >= 0.3 is 0 Å². The molecule has 0 amide bonds. The molecule has 17 heavy (non-hydrogen) atoms. The summed E-state index contributed by atoms with van der Waals surface area (Å²) in [6.07, 6.45) is 0. The fraction of sp³-hybridized carbons (Fsp3) is 0.538. The summed E-state index contributed by atoms with van der Waals surface area (Å²) in [5.41, 5.74) is -1.36. The molecular weight excluding hydrogens is 226 g/mol. The first kappa shape index (κ1) is 14.1. The van der Waals surface area contributed by atoms with Crippen LogP contribution in [-0.2, 0) is 10.3 Å². The van der Waals surface area contributed by atoms with E-state index in [2.05, 4.69) is 0 Å². The van der Waals surface area contributed by atoms with Crippen LogP contribution in [0.1, 0.15) is 25.0 Å². The summed E-state index contributed by atoms with van der Waals surface area (Å²) in [7, 11) is 1.41. The molecule has 1 rings (SSSR count). The first-order valence-corrected chi connectivity index (χ1v) is 5.51. The number of aryl methyl sites for hydroxylation is 1. The maximum absolute atomic E-state index is 13.9. The number of methoxy groups -OCH3 is 1. The molecule has 0 aliphatic heterocycles. The van der Waals surface area contributed by atoms with E-state index in [4.69, 9.17) is 4.74 Å². The highest BCUT2D eigenvalue weighted by Gasteiger charge is 2.36. The molecule has 1 aromatic carbocycles. The highest BCUT2D eigenvalue weighted by molar-refractivity contribution is 5.30. The van der Waals surface area contributed by atoms with Crippen molar-refractivity contribution in [2.24, 2.45) is 5.92 Å². The van der Waals surface area contributed by atoms with Crippen LogP contribution in [0.15, 0.2) is 12.1 Å². The van der Waals surface area contributed by atoms with Crippen LogP contribution in [0.2, 0.25) is 0 Å². The second-order valence-electron chi connectivity index (χ2n) is 4.57. The summed E-state index contributed by atoms with van der Waals surface area (Å²) in [5.74, 6) is -2.21. The highest BCUT2D eigenvalue weighted by atomic mass is 19.2. The van der Waals surface area contributed by atoms with E-state index in [-0.39, 0.29) is 23.7 Å². The third kappa shape index (κ3) is 2.48. The van der Waals surface area contributed by atoms with Crippen molar-refractivity contribution in [3.05, 3.63) is 34.9 Å². The molecule has 0 saturated carbocycles. The predicted octanol–water partition coefficient (Wildman–Crippen LogP) is 2.76. The molecule has 0 spiro atoms. The quantitative estimate of drug-likeness (QED) is 0.882. The van der Waals surface area contributed by atoms with Crippen LogP contribution in [0.4, 0.5) is 8.78 Å². The van der Waals surface area contributed by atoms with Gasteiger partial charge in [-0.2, -0.15) is 0 Å². The van der Waals surface area contributed by atoms with E-state index in [0.29, 0.717) is 0 Å². The smallest absolute Gasteiger partial charge is 0.165 e. The highest BCUT2D eigenvalue weighted by Crippen LogP contribution is 2.33. The van der Waals surface area contributed by atoms with Crippen LogP contribution in [0, 0.1) is 24.5 Å². The van der Waals surface area contributed by atoms with E-state index in [0.717, 1.165) is 0 Å². The lowest BCUT2D eigenvalue weighted by Gasteiger charge is -2.32. The monoisotopic (exact) mass is 244 g/mol. The summed E-state index contributed by atoms with van der Waals surface area (Å²) in [6.45, 7) is 4.86. The molecule has 1 N–H and O–H groups in total. The molecule has 1 atom stereocenters. The van der Waals surface area contributed by atoms with Gasteiger partial charge in [-0.1, -0.05) is 26.0 Å². The lowest BCUT2D eigenvalue weighted by Crippen LogP contribution is -2.38. The Morgan fingerprint density at radius 1 is 1.29 bits per heavy atom. The van der Waals surface area contributed by atoms with Gasteiger partial charge in [0.05, 0.1) is 6.61 Å². The van der Waals surface area contributed by atoms with Gasteiger partial charge in [0.25, 0.3) is 0 Å². The van der Waals surface area contributed by atoms with Gasteiger partial charge in [0, 0.05) is 12.7 Å². The molecule has 96 valence electrons. The van der Waals surface area contributed by atoms with Crippen molar-refractivity contribution in [2.45, 2.75) is 26.4 Å². The number of rotatable bonds is 4. The normalized spacial score (nSPS) is 15.1. The van der Waals surface area contributed by atoms with Crippen LogP contribution in [0.3, 0.4) is 0 Å². The fourth-order valence-corrected chi connectivity index (χ4v) is 1.76. The maximum atomic E-state index is 13.9. The third-order valence-electron chi connectivity index (χ3n) is 3.06. The molecular formula is C13H18F2O2. The lowest BCUT2D eigenvalue weighted by molar-refractivity contribution is -0.0726. The molecule has 1 aromatic rings. The number of aliphatic hydroxyl groups is 1. The van der Waals surface area contributed by atoms with Crippen molar-refractivity contribution in [1.82, 2.24) is 0 Å². The number of benzene rings is 1. The van der Waals surface area contributed by atoms with Gasteiger partial charge in [0.1, 0.15) is 5.60 Å². The zero-order valence-electron chi connectivity index (χ0n) is 10.6. The lowest BCUT2D eigenvalue weighted by atomic mass is 9.83. The molecule has 0 aliphatic rings. The van der Waals surface area contributed by atoms with E-state index in [1.165, 1.54) is 26.2 Å². The van der Waals surface area contributed by atoms with Crippen molar-refractivity contribution < 1.29 is 18.6 Å². The van der Waals surface area contributed by atoms with E-state index < -0.39 is 17.2 Å². The van der Waals surface area contributed by atoms with E-state index >= 15 is 0 Å². The van der Waals surface area contributed by atoms with Gasteiger partial charge in [0.2, 0.25) is 0 Å². The second-order valence-corrected chi connectivity index (χ2v) is 4.57. The number of halogens is 2. The molecule has 0 fully saturated rings. The Balaban J connectivity index is 3.34. The zero-order chi connectivity index (χ0) is 13.2. The fourth-order valence-electron chi connectivity index (χ4n) is 1.76. The Bertz CT molecular complexity index is 405. The molecule has 4 heteroatoms. The summed E-state index contributed by atoms with van der Waals surface area (Å²) < 4.78 is 32.3. The van der Waals surface area contributed by atoms with Gasteiger partial charge in [-0.15, -0.1) is 0 Å². The molecule has 2 nitrogen and oxygen atoms in total. The van der Waals surface area contributed by atoms with Crippen LogP contribution < -0.4 is 0 Å². The summed E-state index contributed by atoms with van der Waals surface area (Å²) >= 11 is 0. The maximum Gasteiger partial charge on any atom is 0.165 e. The van der Waals surface area contributed by atoms with Gasteiger partial charge < -0.3 is 9.84 Å². The first-order valence-electron chi connectivity index (χ1n) is 5.51. The molecule has 0 heterocycles. The van der Waals surface area contributed by atoms with Crippen LogP contribution in [0.25, 0.3) is 0 Å². The van der Waals surface area contributed by atoms with Gasteiger partial charge in [-0.05, 0) is 18.4 Å². The summed E-state index contributed by atoms with van der Waals surface area (Å²) in [6, 6.07) is 2.86. The van der Waals surface area contributed by atoms with E-state index in [1.807, 2.05) is 0 Å².